The molecular formula is C16H32ClN3O. The van der Waals surface area contributed by atoms with Gasteiger partial charge in [-0.1, -0.05) is 13.8 Å². The topological polar surface area (TPSA) is 44.4 Å². The molecule has 124 valence electrons. The molecule has 2 rings (SSSR count). The van der Waals surface area contributed by atoms with Gasteiger partial charge in [-0.2, -0.15) is 0 Å². The molecule has 2 aliphatic heterocycles. The second-order valence-electron chi connectivity index (χ2n) is 7.13. The van der Waals surface area contributed by atoms with E-state index in [1.165, 1.54) is 19.5 Å². The summed E-state index contributed by atoms with van der Waals surface area (Å²) < 4.78 is 0. The highest BCUT2D eigenvalue weighted by atomic mass is 35.5. The second-order valence-corrected chi connectivity index (χ2v) is 7.13. The van der Waals surface area contributed by atoms with Crippen LogP contribution in [0, 0.1) is 17.8 Å². The minimum Gasteiger partial charge on any atom is -0.356 e. The molecule has 4 nitrogen and oxygen atoms in total. The first-order chi connectivity index (χ1) is 9.54. The fourth-order valence-corrected chi connectivity index (χ4v) is 3.52. The summed E-state index contributed by atoms with van der Waals surface area (Å²) in [6, 6.07) is 0.479. The van der Waals surface area contributed by atoms with E-state index in [4.69, 9.17) is 0 Å². The number of likely N-dealkylation sites (tertiary alicyclic amines) is 1. The van der Waals surface area contributed by atoms with Crippen LogP contribution < -0.4 is 10.6 Å². The Kier molecular flexibility index (Phi) is 7.99. The van der Waals surface area contributed by atoms with Crippen molar-refractivity contribution < 1.29 is 4.79 Å². The number of nitrogens with zero attached hydrogens (tertiary/aromatic N) is 1. The molecule has 0 aromatic heterocycles. The van der Waals surface area contributed by atoms with Gasteiger partial charge in [-0.25, -0.2) is 0 Å². The minimum atomic E-state index is 0. The van der Waals surface area contributed by atoms with Crippen LogP contribution in [0.15, 0.2) is 0 Å². The lowest BCUT2D eigenvalue weighted by molar-refractivity contribution is -0.126. The van der Waals surface area contributed by atoms with E-state index < -0.39 is 0 Å². The normalized spacial score (nSPS) is 30.2. The van der Waals surface area contributed by atoms with Crippen LogP contribution >= 0.6 is 12.4 Å². The van der Waals surface area contributed by atoms with Crippen LogP contribution in [0.3, 0.4) is 0 Å². The highest BCUT2D eigenvalue weighted by Gasteiger charge is 2.27. The van der Waals surface area contributed by atoms with Gasteiger partial charge < -0.3 is 15.5 Å². The zero-order valence-electron chi connectivity index (χ0n) is 13.7. The van der Waals surface area contributed by atoms with Crippen molar-refractivity contribution >= 4 is 18.3 Å². The van der Waals surface area contributed by atoms with Gasteiger partial charge in [-0.15, -0.1) is 12.4 Å². The van der Waals surface area contributed by atoms with E-state index in [0.717, 1.165) is 38.4 Å². The summed E-state index contributed by atoms with van der Waals surface area (Å²) in [5, 5.41) is 6.60. The standard InChI is InChI=1S/C16H31N3O.ClH/c1-12(2)10-19-7-5-14(11-19)9-18-16(20)15-4-6-17-13(3)8-15;/h12-15,17H,4-11H2,1-3H3,(H,18,20);1H/t13-,14?,15-;/m0./s1. The van der Waals surface area contributed by atoms with Gasteiger partial charge in [0.05, 0.1) is 0 Å². The Hall–Kier alpha value is -0.320. The first-order valence-electron chi connectivity index (χ1n) is 8.28. The number of rotatable bonds is 5. The molecule has 2 fully saturated rings. The Morgan fingerprint density at radius 2 is 2.14 bits per heavy atom. The summed E-state index contributed by atoms with van der Waals surface area (Å²) in [7, 11) is 0. The summed E-state index contributed by atoms with van der Waals surface area (Å²) in [6.45, 7) is 12.1. The Labute approximate surface area is 135 Å². The van der Waals surface area contributed by atoms with Crippen molar-refractivity contribution in [2.24, 2.45) is 17.8 Å². The van der Waals surface area contributed by atoms with Gasteiger partial charge in [0.2, 0.25) is 5.91 Å². The van der Waals surface area contributed by atoms with Gasteiger partial charge in [0.25, 0.3) is 0 Å². The highest BCUT2D eigenvalue weighted by Crippen LogP contribution is 2.18. The predicted octanol–water partition coefficient (Wildman–Crippen LogP) is 1.89. The predicted molar refractivity (Wildman–Crippen MR) is 89.8 cm³/mol. The molecule has 1 amide bonds. The maximum absolute atomic E-state index is 12.2. The van der Waals surface area contributed by atoms with E-state index in [2.05, 4.69) is 36.3 Å². The number of amides is 1. The zero-order chi connectivity index (χ0) is 14.5. The van der Waals surface area contributed by atoms with E-state index >= 15 is 0 Å². The van der Waals surface area contributed by atoms with Gasteiger partial charge in [-0.3, -0.25) is 4.79 Å². The lowest BCUT2D eigenvalue weighted by Gasteiger charge is -2.27. The monoisotopic (exact) mass is 317 g/mol. The molecule has 2 heterocycles. The largest absolute Gasteiger partial charge is 0.356 e. The quantitative estimate of drug-likeness (QED) is 0.814. The smallest absolute Gasteiger partial charge is 0.223 e. The van der Waals surface area contributed by atoms with E-state index in [9.17, 15) is 4.79 Å². The average Bonchev–Trinajstić information content (AvgIpc) is 2.82. The molecule has 0 spiro atoms. The molecule has 2 aliphatic rings. The molecule has 0 aliphatic carbocycles. The van der Waals surface area contributed by atoms with Gasteiger partial charge in [0.1, 0.15) is 0 Å². The highest BCUT2D eigenvalue weighted by molar-refractivity contribution is 5.85. The molecule has 21 heavy (non-hydrogen) atoms. The lowest BCUT2D eigenvalue weighted by atomic mass is 9.92. The Balaban J connectivity index is 0.00000220. The molecule has 2 saturated heterocycles. The molecule has 0 bridgehead atoms. The van der Waals surface area contributed by atoms with E-state index in [1.54, 1.807) is 0 Å². The number of carbonyl (C=O) groups excluding carboxylic acids is 1. The molecule has 3 atom stereocenters. The minimum absolute atomic E-state index is 0. The summed E-state index contributed by atoms with van der Waals surface area (Å²) in [4.78, 5) is 14.7. The maximum Gasteiger partial charge on any atom is 0.223 e. The molecule has 0 saturated carbocycles. The van der Waals surface area contributed by atoms with Crippen molar-refractivity contribution in [3.8, 4) is 0 Å². The van der Waals surface area contributed by atoms with Crippen molar-refractivity contribution in [1.82, 2.24) is 15.5 Å². The third-order valence-corrected chi connectivity index (χ3v) is 4.55. The van der Waals surface area contributed by atoms with E-state index in [1.807, 2.05) is 0 Å². The third kappa shape index (κ3) is 6.13. The van der Waals surface area contributed by atoms with Crippen molar-refractivity contribution in [2.45, 2.75) is 46.1 Å². The van der Waals surface area contributed by atoms with Crippen molar-refractivity contribution in [2.75, 3.05) is 32.7 Å². The van der Waals surface area contributed by atoms with Crippen LogP contribution in [0.2, 0.25) is 0 Å². The zero-order valence-corrected chi connectivity index (χ0v) is 14.5. The van der Waals surface area contributed by atoms with Crippen LogP contribution in [0.4, 0.5) is 0 Å². The molecule has 0 aromatic rings. The van der Waals surface area contributed by atoms with E-state index in [-0.39, 0.29) is 24.2 Å². The van der Waals surface area contributed by atoms with Crippen LogP contribution in [-0.4, -0.2) is 49.6 Å². The summed E-state index contributed by atoms with van der Waals surface area (Å²) in [6.07, 6.45) is 3.20. The summed E-state index contributed by atoms with van der Waals surface area (Å²) >= 11 is 0. The summed E-state index contributed by atoms with van der Waals surface area (Å²) in [5.41, 5.74) is 0. The fraction of sp³-hybridized carbons (Fsp3) is 0.938. The van der Waals surface area contributed by atoms with E-state index in [0.29, 0.717) is 12.0 Å². The molecule has 2 N–H and O–H groups in total. The van der Waals surface area contributed by atoms with Gasteiger partial charge in [0.15, 0.2) is 0 Å². The molecule has 5 heteroatoms. The molecule has 0 radical (unpaired) electrons. The molecule has 1 unspecified atom stereocenters. The van der Waals surface area contributed by atoms with Crippen LogP contribution in [0.5, 0.6) is 0 Å². The number of nitrogens with one attached hydrogen (secondary N) is 2. The first kappa shape index (κ1) is 18.7. The second kappa shape index (κ2) is 8.96. The van der Waals surface area contributed by atoms with Crippen molar-refractivity contribution in [1.29, 1.82) is 0 Å². The van der Waals surface area contributed by atoms with Crippen LogP contribution in [-0.2, 0) is 4.79 Å². The lowest BCUT2D eigenvalue weighted by Crippen LogP contribution is -2.43. The Morgan fingerprint density at radius 3 is 2.81 bits per heavy atom. The number of hydrogen-bond donors (Lipinski definition) is 2. The first-order valence-corrected chi connectivity index (χ1v) is 8.28. The number of halogens is 1. The maximum atomic E-state index is 12.2. The van der Waals surface area contributed by atoms with Gasteiger partial charge in [0, 0.05) is 31.6 Å². The summed E-state index contributed by atoms with van der Waals surface area (Å²) in [5.74, 6) is 1.89. The molecular weight excluding hydrogens is 286 g/mol. The number of hydrogen-bond acceptors (Lipinski definition) is 3. The Morgan fingerprint density at radius 1 is 1.38 bits per heavy atom. The molecule has 0 aromatic carbocycles. The fourth-order valence-electron chi connectivity index (χ4n) is 3.52. The average molecular weight is 318 g/mol. The van der Waals surface area contributed by atoms with Gasteiger partial charge in [-0.05, 0) is 51.1 Å². The Bertz CT molecular complexity index is 325. The SMILES string of the molecule is CC(C)CN1CCC(CNC(=O)[C@H]2CCN[C@@H](C)C2)C1.Cl. The van der Waals surface area contributed by atoms with Crippen LogP contribution in [0.25, 0.3) is 0 Å². The van der Waals surface area contributed by atoms with Crippen LogP contribution in [0.1, 0.15) is 40.0 Å². The third-order valence-electron chi connectivity index (χ3n) is 4.55. The number of carbonyl (C=O) groups is 1. The van der Waals surface area contributed by atoms with Crippen molar-refractivity contribution in [3.05, 3.63) is 0 Å². The number of piperidine rings is 1. The van der Waals surface area contributed by atoms with Crippen molar-refractivity contribution in [3.63, 3.8) is 0 Å². The van der Waals surface area contributed by atoms with Gasteiger partial charge >= 0.3 is 0 Å².